The Kier molecular flexibility index (Phi) is 1.93. The molecule has 1 aliphatic rings. The van der Waals surface area contributed by atoms with Gasteiger partial charge in [-0.3, -0.25) is 4.98 Å². The van der Waals surface area contributed by atoms with Crippen molar-refractivity contribution in [2.45, 2.75) is 31.8 Å². The van der Waals surface area contributed by atoms with Gasteiger partial charge in [0.15, 0.2) is 0 Å². The maximum atomic E-state index is 9.93. The van der Waals surface area contributed by atoms with Crippen molar-refractivity contribution in [3.05, 3.63) is 16.6 Å². The highest BCUT2D eigenvalue weighted by molar-refractivity contribution is 7.09. The lowest BCUT2D eigenvalue weighted by Gasteiger charge is -2.41. The molecule has 1 aliphatic carbocycles. The van der Waals surface area contributed by atoms with Gasteiger partial charge in [-0.05, 0) is 18.8 Å². The molecule has 0 spiro atoms. The summed E-state index contributed by atoms with van der Waals surface area (Å²) in [5.74, 6) is 0.697. The van der Waals surface area contributed by atoms with Gasteiger partial charge in [0.2, 0.25) is 0 Å². The zero-order chi connectivity index (χ0) is 8.60. The first-order valence-corrected chi connectivity index (χ1v) is 5.16. The summed E-state index contributed by atoms with van der Waals surface area (Å²) in [5.41, 5.74) is 1.41. The van der Waals surface area contributed by atoms with E-state index in [0.29, 0.717) is 5.92 Å². The first-order chi connectivity index (χ1) is 5.68. The van der Waals surface area contributed by atoms with Crippen molar-refractivity contribution in [2.75, 3.05) is 0 Å². The molecule has 0 unspecified atom stereocenters. The Morgan fingerprint density at radius 3 is 3.00 bits per heavy atom. The molecule has 0 aliphatic heterocycles. The van der Waals surface area contributed by atoms with Crippen molar-refractivity contribution in [1.29, 1.82) is 0 Å². The summed E-state index contributed by atoms with van der Waals surface area (Å²) in [5, 5.41) is 9.93. The van der Waals surface area contributed by atoms with Gasteiger partial charge in [-0.15, -0.1) is 11.3 Å². The molecule has 0 radical (unpaired) electrons. The van der Waals surface area contributed by atoms with Gasteiger partial charge >= 0.3 is 0 Å². The van der Waals surface area contributed by atoms with Gasteiger partial charge in [0.25, 0.3) is 0 Å². The van der Waals surface area contributed by atoms with Gasteiger partial charge in [0, 0.05) is 17.5 Å². The summed E-state index contributed by atoms with van der Waals surface area (Å²) in [4.78, 5) is 5.19. The number of hydrogen-bond donors (Lipinski definition) is 1. The third-order valence-electron chi connectivity index (χ3n) is 2.44. The van der Waals surface area contributed by atoms with Crippen LogP contribution in [0, 0.1) is 5.92 Å². The molecule has 12 heavy (non-hydrogen) atoms. The molecule has 2 rings (SSSR count). The zero-order valence-corrected chi connectivity index (χ0v) is 7.97. The van der Waals surface area contributed by atoms with E-state index in [0.717, 1.165) is 19.3 Å². The third-order valence-corrected chi connectivity index (χ3v) is 3.22. The third kappa shape index (κ3) is 1.52. The highest BCUT2D eigenvalue weighted by Gasteiger charge is 2.40. The van der Waals surface area contributed by atoms with E-state index >= 15 is 0 Å². The maximum absolute atomic E-state index is 9.93. The van der Waals surface area contributed by atoms with Gasteiger partial charge < -0.3 is 5.11 Å². The van der Waals surface area contributed by atoms with Crippen LogP contribution in [0.2, 0.25) is 0 Å². The van der Waals surface area contributed by atoms with Crippen LogP contribution in [-0.2, 0) is 6.42 Å². The highest BCUT2D eigenvalue weighted by Crippen LogP contribution is 2.40. The first-order valence-electron chi connectivity index (χ1n) is 4.28. The Morgan fingerprint density at radius 2 is 2.50 bits per heavy atom. The van der Waals surface area contributed by atoms with Crippen LogP contribution in [-0.4, -0.2) is 15.7 Å². The standard InChI is InChI=1S/C9H13NOS/c1-7-2-9(11,3-7)4-8-5-10-6-12-8/h5-7,11H,2-4H2,1H3. The number of nitrogens with zero attached hydrogens (tertiary/aromatic N) is 1. The van der Waals surface area contributed by atoms with Gasteiger partial charge in [-0.25, -0.2) is 0 Å². The Hall–Kier alpha value is -0.410. The predicted molar refractivity (Wildman–Crippen MR) is 49.2 cm³/mol. The van der Waals surface area contributed by atoms with E-state index in [9.17, 15) is 5.11 Å². The SMILES string of the molecule is CC1CC(O)(Cc2cncs2)C1. The lowest BCUT2D eigenvalue weighted by molar-refractivity contribution is -0.0660. The van der Waals surface area contributed by atoms with E-state index in [2.05, 4.69) is 11.9 Å². The monoisotopic (exact) mass is 183 g/mol. The van der Waals surface area contributed by atoms with Gasteiger partial charge in [0.1, 0.15) is 0 Å². The molecule has 1 saturated carbocycles. The molecule has 1 fully saturated rings. The van der Waals surface area contributed by atoms with Crippen LogP contribution in [0.4, 0.5) is 0 Å². The lowest BCUT2D eigenvalue weighted by Crippen LogP contribution is -2.44. The molecule has 1 aromatic rings. The molecule has 3 heteroatoms. The van der Waals surface area contributed by atoms with Crippen molar-refractivity contribution in [3.63, 3.8) is 0 Å². The molecule has 66 valence electrons. The zero-order valence-electron chi connectivity index (χ0n) is 7.16. The van der Waals surface area contributed by atoms with Crippen LogP contribution >= 0.6 is 11.3 Å². The first kappa shape index (κ1) is 8.20. The second-order valence-corrected chi connectivity index (χ2v) is 4.85. The average Bonchev–Trinajstić information content (AvgIpc) is 2.36. The summed E-state index contributed by atoms with van der Waals surface area (Å²) in [6.07, 6.45) is 4.55. The number of hydrogen-bond acceptors (Lipinski definition) is 3. The fourth-order valence-corrected chi connectivity index (χ4v) is 2.77. The van der Waals surface area contributed by atoms with Gasteiger partial charge in [0.05, 0.1) is 11.1 Å². The number of rotatable bonds is 2. The summed E-state index contributed by atoms with van der Waals surface area (Å²) in [6, 6.07) is 0. The van der Waals surface area contributed by atoms with Crippen LogP contribution in [0.1, 0.15) is 24.6 Å². The fourth-order valence-electron chi connectivity index (χ4n) is 2.04. The van der Waals surface area contributed by atoms with E-state index in [1.807, 2.05) is 11.7 Å². The Balaban J connectivity index is 1.96. The Labute approximate surface area is 76.3 Å². The van der Waals surface area contributed by atoms with Crippen LogP contribution < -0.4 is 0 Å². The second-order valence-electron chi connectivity index (χ2n) is 3.88. The highest BCUT2D eigenvalue weighted by atomic mass is 32.1. The average molecular weight is 183 g/mol. The van der Waals surface area contributed by atoms with E-state index < -0.39 is 5.60 Å². The summed E-state index contributed by atoms with van der Waals surface area (Å²) in [7, 11) is 0. The largest absolute Gasteiger partial charge is 0.389 e. The number of aliphatic hydroxyl groups is 1. The topological polar surface area (TPSA) is 33.1 Å². The predicted octanol–water partition coefficient (Wildman–Crippen LogP) is 1.85. The minimum Gasteiger partial charge on any atom is -0.389 e. The fraction of sp³-hybridized carbons (Fsp3) is 0.667. The van der Waals surface area contributed by atoms with E-state index in [4.69, 9.17) is 0 Å². The van der Waals surface area contributed by atoms with Crippen LogP contribution in [0.15, 0.2) is 11.7 Å². The van der Waals surface area contributed by atoms with Crippen LogP contribution in [0.5, 0.6) is 0 Å². The molecule has 0 bridgehead atoms. The molecular weight excluding hydrogens is 170 g/mol. The van der Waals surface area contributed by atoms with E-state index in [-0.39, 0.29) is 0 Å². The maximum Gasteiger partial charge on any atom is 0.0794 e. The van der Waals surface area contributed by atoms with Crippen molar-refractivity contribution >= 4 is 11.3 Å². The summed E-state index contributed by atoms with van der Waals surface area (Å²) >= 11 is 1.63. The molecule has 0 atom stereocenters. The lowest BCUT2D eigenvalue weighted by atomic mass is 9.70. The minimum absolute atomic E-state index is 0.411. The summed E-state index contributed by atoms with van der Waals surface area (Å²) in [6.45, 7) is 2.18. The van der Waals surface area contributed by atoms with Crippen molar-refractivity contribution in [2.24, 2.45) is 5.92 Å². The molecule has 2 nitrogen and oxygen atoms in total. The molecular formula is C9H13NOS. The van der Waals surface area contributed by atoms with Gasteiger partial charge in [-0.1, -0.05) is 6.92 Å². The smallest absolute Gasteiger partial charge is 0.0794 e. The Morgan fingerprint density at radius 1 is 1.75 bits per heavy atom. The van der Waals surface area contributed by atoms with E-state index in [1.54, 1.807) is 11.3 Å². The van der Waals surface area contributed by atoms with Crippen molar-refractivity contribution < 1.29 is 5.11 Å². The molecule has 0 saturated heterocycles. The minimum atomic E-state index is -0.411. The summed E-state index contributed by atoms with van der Waals surface area (Å²) < 4.78 is 0. The van der Waals surface area contributed by atoms with Crippen molar-refractivity contribution in [1.82, 2.24) is 4.98 Å². The van der Waals surface area contributed by atoms with Gasteiger partial charge in [-0.2, -0.15) is 0 Å². The second kappa shape index (κ2) is 2.82. The van der Waals surface area contributed by atoms with Crippen molar-refractivity contribution in [3.8, 4) is 0 Å². The normalized spacial score (nSPS) is 34.7. The van der Waals surface area contributed by atoms with Crippen LogP contribution in [0.25, 0.3) is 0 Å². The number of aromatic nitrogens is 1. The molecule has 1 heterocycles. The number of thiazole rings is 1. The molecule has 0 aromatic carbocycles. The van der Waals surface area contributed by atoms with Crippen LogP contribution in [0.3, 0.4) is 0 Å². The molecule has 0 amide bonds. The molecule has 1 N–H and O–H groups in total. The molecule has 1 aromatic heterocycles. The Bertz CT molecular complexity index is 252. The van der Waals surface area contributed by atoms with E-state index in [1.165, 1.54) is 4.88 Å². The quantitative estimate of drug-likeness (QED) is 0.759.